The standard InChI is InChI=1S/C15H21N3O2.ClH/c1-2-18-9-8-16-13(15(18)20)10-14(19)17-11-12-6-4-3-5-7-12;/h3-7,13,16H,2,8-11H2,1H3,(H,17,19);1H. The Morgan fingerprint density at radius 1 is 1.38 bits per heavy atom. The lowest BCUT2D eigenvalue weighted by atomic mass is 10.1. The van der Waals surface area contributed by atoms with Gasteiger partial charge in [0.15, 0.2) is 0 Å². The predicted octanol–water partition coefficient (Wildman–Crippen LogP) is 0.935. The van der Waals surface area contributed by atoms with Crippen LogP contribution in [0.2, 0.25) is 0 Å². The van der Waals surface area contributed by atoms with Gasteiger partial charge in [0.1, 0.15) is 0 Å². The third kappa shape index (κ3) is 5.02. The van der Waals surface area contributed by atoms with Crippen molar-refractivity contribution in [1.82, 2.24) is 15.5 Å². The molecule has 0 aromatic heterocycles. The highest BCUT2D eigenvalue weighted by Crippen LogP contribution is 2.05. The molecule has 0 spiro atoms. The van der Waals surface area contributed by atoms with Gasteiger partial charge in [0.25, 0.3) is 0 Å². The van der Waals surface area contributed by atoms with Gasteiger partial charge < -0.3 is 15.5 Å². The Labute approximate surface area is 131 Å². The van der Waals surface area contributed by atoms with Gasteiger partial charge in [-0.3, -0.25) is 9.59 Å². The molecule has 2 rings (SSSR count). The summed E-state index contributed by atoms with van der Waals surface area (Å²) in [5.41, 5.74) is 1.05. The van der Waals surface area contributed by atoms with Crippen molar-refractivity contribution in [3.63, 3.8) is 0 Å². The van der Waals surface area contributed by atoms with Crippen LogP contribution in [0.15, 0.2) is 30.3 Å². The molecule has 1 aromatic rings. The third-order valence-electron chi connectivity index (χ3n) is 3.49. The summed E-state index contributed by atoms with van der Waals surface area (Å²) in [6, 6.07) is 9.35. The fraction of sp³-hybridized carbons (Fsp3) is 0.467. The van der Waals surface area contributed by atoms with Gasteiger partial charge in [-0.15, -0.1) is 12.4 Å². The van der Waals surface area contributed by atoms with Crippen molar-refractivity contribution < 1.29 is 9.59 Å². The molecule has 0 radical (unpaired) electrons. The van der Waals surface area contributed by atoms with Crippen LogP contribution >= 0.6 is 12.4 Å². The zero-order chi connectivity index (χ0) is 14.4. The largest absolute Gasteiger partial charge is 0.352 e. The second kappa shape index (κ2) is 8.64. The smallest absolute Gasteiger partial charge is 0.240 e. The quantitative estimate of drug-likeness (QED) is 0.850. The van der Waals surface area contributed by atoms with E-state index in [1.165, 1.54) is 0 Å². The third-order valence-corrected chi connectivity index (χ3v) is 3.49. The summed E-state index contributed by atoms with van der Waals surface area (Å²) in [6.45, 7) is 4.62. The van der Waals surface area contributed by atoms with Gasteiger partial charge in [0.2, 0.25) is 11.8 Å². The normalized spacial score (nSPS) is 18.0. The SMILES string of the molecule is CCN1CCNC(CC(=O)NCc2ccccc2)C1=O.Cl. The molecular formula is C15H22ClN3O2. The molecule has 2 N–H and O–H groups in total. The number of piperazine rings is 1. The first-order valence-corrected chi connectivity index (χ1v) is 7.03. The van der Waals surface area contributed by atoms with Crippen LogP contribution in [-0.4, -0.2) is 42.4 Å². The summed E-state index contributed by atoms with van der Waals surface area (Å²) >= 11 is 0. The van der Waals surface area contributed by atoms with Crippen molar-refractivity contribution in [2.24, 2.45) is 0 Å². The molecule has 6 heteroatoms. The number of halogens is 1. The minimum atomic E-state index is -0.389. The molecule has 1 fully saturated rings. The van der Waals surface area contributed by atoms with Crippen molar-refractivity contribution in [2.45, 2.75) is 25.9 Å². The van der Waals surface area contributed by atoms with E-state index in [1.54, 1.807) is 4.90 Å². The van der Waals surface area contributed by atoms with Gasteiger partial charge in [-0.1, -0.05) is 30.3 Å². The number of benzene rings is 1. The molecular weight excluding hydrogens is 290 g/mol. The molecule has 1 saturated heterocycles. The lowest BCUT2D eigenvalue weighted by Gasteiger charge is -2.32. The van der Waals surface area contributed by atoms with Crippen LogP contribution in [0.4, 0.5) is 0 Å². The zero-order valence-electron chi connectivity index (χ0n) is 12.2. The number of hydrogen-bond donors (Lipinski definition) is 2. The van der Waals surface area contributed by atoms with Crippen molar-refractivity contribution in [3.05, 3.63) is 35.9 Å². The number of nitrogens with one attached hydrogen (secondary N) is 2. The maximum Gasteiger partial charge on any atom is 0.240 e. The molecule has 21 heavy (non-hydrogen) atoms. The summed E-state index contributed by atoms with van der Waals surface area (Å²) in [6.07, 6.45) is 0.197. The highest BCUT2D eigenvalue weighted by Gasteiger charge is 2.28. The number of rotatable bonds is 5. The minimum Gasteiger partial charge on any atom is -0.352 e. The molecule has 1 heterocycles. The van der Waals surface area contributed by atoms with Crippen LogP contribution in [0.1, 0.15) is 18.9 Å². The first kappa shape index (κ1) is 17.5. The number of likely N-dealkylation sites (N-methyl/N-ethyl adjacent to an activating group) is 1. The van der Waals surface area contributed by atoms with Gasteiger partial charge in [0, 0.05) is 26.2 Å². The van der Waals surface area contributed by atoms with Gasteiger partial charge in [-0.25, -0.2) is 0 Å². The molecule has 1 unspecified atom stereocenters. The number of hydrogen-bond acceptors (Lipinski definition) is 3. The van der Waals surface area contributed by atoms with Crippen LogP contribution in [-0.2, 0) is 16.1 Å². The van der Waals surface area contributed by atoms with Crippen molar-refractivity contribution in [1.29, 1.82) is 0 Å². The molecule has 1 atom stereocenters. The first-order chi connectivity index (χ1) is 9.70. The maximum atomic E-state index is 12.0. The Morgan fingerprint density at radius 3 is 2.76 bits per heavy atom. The minimum absolute atomic E-state index is 0. The number of amides is 2. The average molecular weight is 312 g/mol. The topological polar surface area (TPSA) is 61.4 Å². The average Bonchev–Trinajstić information content (AvgIpc) is 2.48. The molecule has 0 aliphatic carbocycles. The van der Waals surface area contributed by atoms with E-state index < -0.39 is 0 Å². The molecule has 1 aromatic carbocycles. The maximum absolute atomic E-state index is 12.0. The van der Waals surface area contributed by atoms with Crippen LogP contribution in [0.5, 0.6) is 0 Å². The number of nitrogens with zero attached hydrogens (tertiary/aromatic N) is 1. The summed E-state index contributed by atoms with van der Waals surface area (Å²) in [4.78, 5) is 25.7. The fourth-order valence-electron chi connectivity index (χ4n) is 2.32. The predicted molar refractivity (Wildman–Crippen MR) is 84.2 cm³/mol. The van der Waals surface area contributed by atoms with E-state index in [0.717, 1.165) is 18.7 Å². The van der Waals surface area contributed by atoms with Crippen molar-refractivity contribution in [3.8, 4) is 0 Å². The molecule has 1 aliphatic heterocycles. The summed E-state index contributed by atoms with van der Waals surface area (Å²) < 4.78 is 0. The van der Waals surface area contributed by atoms with E-state index in [-0.39, 0.29) is 36.7 Å². The van der Waals surface area contributed by atoms with E-state index in [2.05, 4.69) is 10.6 Å². The van der Waals surface area contributed by atoms with Gasteiger partial charge in [0.05, 0.1) is 12.5 Å². The molecule has 2 amide bonds. The van der Waals surface area contributed by atoms with Gasteiger partial charge in [-0.05, 0) is 12.5 Å². The molecule has 116 valence electrons. The molecule has 5 nitrogen and oxygen atoms in total. The fourth-order valence-corrected chi connectivity index (χ4v) is 2.32. The Bertz CT molecular complexity index is 467. The number of carbonyl (C=O) groups is 2. The van der Waals surface area contributed by atoms with Gasteiger partial charge >= 0.3 is 0 Å². The highest BCUT2D eigenvalue weighted by molar-refractivity contribution is 5.88. The monoisotopic (exact) mass is 311 g/mol. The van der Waals surface area contributed by atoms with E-state index in [1.807, 2.05) is 37.3 Å². The van der Waals surface area contributed by atoms with Crippen molar-refractivity contribution in [2.75, 3.05) is 19.6 Å². The summed E-state index contributed by atoms with van der Waals surface area (Å²) in [7, 11) is 0. The first-order valence-electron chi connectivity index (χ1n) is 7.03. The second-order valence-electron chi connectivity index (χ2n) is 4.89. The van der Waals surface area contributed by atoms with Crippen LogP contribution in [0.25, 0.3) is 0 Å². The van der Waals surface area contributed by atoms with E-state index in [0.29, 0.717) is 13.1 Å². The molecule has 1 aliphatic rings. The van der Waals surface area contributed by atoms with Crippen LogP contribution < -0.4 is 10.6 Å². The lowest BCUT2D eigenvalue weighted by molar-refractivity contribution is -0.138. The zero-order valence-corrected chi connectivity index (χ0v) is 13.0. The van der Waals surface area contributed by atoms with Gasteiger partial charge in [-0.2, -0.15) is 0 Å². The Kier molecular flexibility index (Phi) is 7.19. The Hall–Kier alpha value is -1.59. The highest BCUT2D eigenvalue weighted by atomic mass is 35.5. The van der Waals surface area contributed by atoms with Crippen LogP contribution in [0, 0.1) is 0 Å². The number of carbonyl (C=O) groups excluding carboxylic acids is 2. The van der Waals surface area contributed by atoms with E-state index in [9.17, 15) is 9.59 Å². The second-order valence-corrected chi connectivity index (χ2v) is 4.89. The van der Waals surface area contributed by atoms with E-state index >= 15 is 0 Å². The van der Waals surface area contributed by atoms with Crippen molar-refractivity contribution >= 4 is 24.2 Å². The Balaban J connectivity index is 0.00000220. The molecule has 0 saturated carbocycles. The van der Waals surface area contributed by atoms with Crippen LogP contribution in [0.3, 0.4) is 0 Å². The Morgan fingerprint density at radius 2 is 2.10 bits per heavy atom. The lowest BCUT2D eigenvalue weighted by Crippen LogP contribution is -2.56. The van der Waals surface area contributed by atoms with E-state index in [4.69, 9.17) is 0 Å². The molecule has 0 bridgehead atoms. The summed E-state index contributed by atoms with van der Waals surface area (Å²) in [5, 5.41) is 5.96. The summed E-state index contributed by atoms with van der Waals surface area (Å²) in [5.74, 6) is -0.0775.